The van der Waals surface area contributed by atoms with Crippen molar-refractivity contribution >= 4 is 23.4 Å². The summed E-state index contributed by atoms with van der Waals surface area (Å²) in [4.78, 5) is 32.3. The Morgan fingerprint density at radius 1 is 0.976 bits per heavy atom. The van der Waals surface area contributed by atoms with Crippen LogP contribution in [0.2, 0.25) is 0 Å². The third-order valence-corrected chi connectivity index (χ3v) is 7.73. The van der Waals surface area contributed by atoms with E-state index in [2.05, 4.69) is 4.99 Å². The number of thiazole rings is 1. The van der Waals surface area contributed by atoms with Crippen LogP contribution in [-0.4, -0.2) is 30.9 Å². The first-order valence-corrected chi connectivity index (χ1v) is 14.5. The second-order valence-electron chi connectivity index (χ2n) is 9.49. The molecule has 0 saturated heterocycles. The Kier molecular flexibility index (Phi) is 8.88. The van der Waals surface area contributed by atoms with Crippen molar-refractivity contribution in [2.24, 2.45) is 4.99 Å². The van der Waals surface area contributed by atoms with Gasteiger partial charge in [-0.3, -0.25) is 9.36 Å². The van der Waals surface area contributed by atoms with E-state index >= 15 is 0 Å². The number of rotatable bonds is 10. The van der Waals surface area contributed by atoms with Gasteiger partial charge in [0.25, 0.3) is 5.56 Å². The van der Waals surface area contributed by atoms with Gasteiger partial charge in [0, 0.05) is 0 Å². The number of benzene rings is 3. The maximum absolute atomic E-state index is 13.9. The second-order valence-corrected chi connectivity index (χ2v) is 10.5. The van der Waals surface area contributed by atoms with Crippen LogP contribution in [0.3, 0.4) is 0 Å². The number of hydrogen-bond donors (Lipinski definition) is 0. The van der Waals surface area contributed by atoms with Crippen LogP contribution in [0.15, 0.2) is 93.9 Å². The van der Waals surface area contributed by atoms with Gasteiger partial charge in [0.15, 0.2) is 16.3 Å². The first kappa shape index (κ1) is 28.9. The van der Waals surface area contributed by atoms with Crippen molar-refractivity contribution in [2.75, 3.05) is 20.3 Å². The van der Waals surface area contributed by atoms with Gasteiger partial charge in [0.05, 0.1) is 42.2 Å². The Balaban J connectivity index is 1.54. The summed E-state index contributed by atoms with van der Waals surface area (Å²) in [5.74, 6) is 1.30. The Bertz CT molecular complexity index is 1790. The summed E-state index contributed by atoms with van der Waals surface area (Å²) in [7, 11) is 1.57. The second kappa shape index (κ2) is 12.9. The van der Waals surface area contributed by atoms with Crippen molar-refractivity contribution in [3.8, 4) is 17.2 Å². The van der Waals surface area contributed by atoms with Crippen LogP contribution >= 0.6 is 11.3 Å². The lowest BCUT2D eigenvalue weighted by Gasteiger charge is -2.25. The molecule has 5 rings (SSSR count). The third kappa shape index (κ3) is 6.01. The number of allylic oxidation sites excluding steroid dienone is 1. The zero-order valence-corrected chi connectivity index (χ0v) is 24.8. The molecule has 0 radical (unpaired) electrons. The van der Waals surface area contributed by atoms with Crippen molar-refractivity contribution in [1.29, 1.82) is 0 Å². The predicted octanol–water partition coefficient (Wildman–Crippen LogP) is 4.78. The lowest BCUT2D eigenvalue weighted by atomic mass is 9.95. The highest BCUT2D eigenvalue weighted by Crippen LogP contribution is 2.36. The molecule has 0 spiro atoms. The molecule has 2 heterocycles. The topological polar surface area (TPSA) is 88.4 Å². The average molecular weight is 585 g/mol. The van der Waals surface area contributed by atoms with Gasteiger partial charge in [-0.25, -0.2) is 9.79 Å². The van der Waals surface area contributed by atoms with Gasteiger partial charge in [0.2, 0.25) is 0 Å². The van der Waals surface area contributed by atoms with Gasteiger partial charge in [-0.2, -0.15) is 0 Å². The van der Waals surface area contributed by atoms with Crippen LogP contribution in [-0.2, 0) is 16.1 Å². The van der Waals surface area contributed by atoms with Crippen LogP contribution in [0.4, 0.5) is 0 Å². The predicted molar refractivity (Wildman–Crippen MR) is 162 cm³/mol. The number of aromatic nitrogens is 1. The summed E-state index contributed by atoms with van der Waals surface area (Å²) >= 11 is 1.27. The highest BCUT2D eigenvalue weighted by molar-refractivity contribution is 7.07. The van der Waals surface area contributed by atoms with E-state index in [1.807, 2.05) is 73.7 Å². The smallest absolute Gasteiger partial charge is 0.338 e. The molecule has 8 nitrogen and oxygen atoms in total. The van der Waals surface area contributed by atoms with Gasteiger partial charge >= 0.3 is 5.97 Å². The molecule has 0 fully saturated rings. The molecule has 216 valence electrons. The zero-order chi connectivity index (χ0) is 29.6. The van der Waals surface area contributed by atoms with Crippen molar-refractivity contribution in [1.82, 2.24) is 4.57 Å². The highest BCUT2D eigenvalue weighted by Gasteiger charge is 2.34. The van der Waals surface area contributed by atoms with Crippen LogP contribution in [0.5, 0.6) is 17.2 Å². The normalized spacial score (nSPS) is 14.7. The lowest BCUT2D eigenvalue weighted by Crippen LogP contribution is -2.40. The third-order valence-electron chi connectivity index (χ3n) is 6.75. The fraction of sp³-hybridized carbons (Fsp3) is 0.242. The molecule has 3 aromatic carbocycles. The Morgan fingerprint density at radius 2 is 1.74 bits per heavy atom. The maximum Gasteiger partial charge on any atom is 0.338 e. The Morgan fingerprint density at radius 3 is 2.43 bits per heavy atom. The first-order valence-electron chi connectivity index (χ1n) is 13.7. The monoisotopic (exact) mass is 584 g/mol. The van der Waals surface area contributed by atoms with E-state index < -0.39 is 12.0 Å². The Labute approximate surface area is 247 Å². The molecular formula is C33H32N2O6S. The van der Waals surface area contributed by atoms with Gasteiger partial charge in [-0.05, 0) is 67.8 Å². The van der Waals surface area contributed by atoms with E-state index in [1.165, 1.54) is 11.3 Å². The number of hydrogen-bond acceptors (Lipinski definition) is 8. The van der Waals surface area contributed by atoms with Crippen LogP contribution in [0.25, 0.3) is 6.08 Å². The van der Waals surface area contributed by atoms with Gasteiger partial charge < -0.3 is 18.9 Å². The molecule has 0 saturated carbocycles. The quantitative estimate of drug-likeness (QED) is 0.249. The number of fused-ring (bicyclic) bond motifs is 1. The maximum atomic E-state index is 13.9. The SMILES string of the molecule is CCOC(=O)C1=C(C)N=c2s/c(=C\c3ccc(OCc4ccccc4)cc3)c(=O)n2[C@@H]1c1ccc(OC)c(OCC)c1. The highest BCUT2D eigenvalue weighted by atomic mass is 32.1. The molecule has 0 N–H and O–H groups in total. The molecule has 4 aromatic rings. The molecule has 42 heavy (non-hydrogen) atoms. The molecule has 1 aromatic heterocycles. The summed E-state index contributed by atoms with van der Waals surface area (Å²) in [6.07, 6.45) is 1.82. The molecule has 0 bridgehead atoms. The minimum Gasteiger partial charge on any atom is -0.493 e. The number of esters is 1. The molecule has 9 heteroatoms. The molecule has 1 aliphatic rings. The van der Waals surface area contributed by atoms with Crippen molar-refractivity contribution < 1.29 is 23.7 Å². The van der Waals surface area contributed by atoms with Gasteiger partial charge in [-0.15, -0.1) is 0 Å². The molecule has 0 amide bonds. The summed E-state index contributed by atoms with van der Waals surface area (Å²) in [6, 6.07) is 22.2. The summed E-state index contributed by atoms with van der Waals surface area (Å²) in [6.45, 7) is 6.49. The van der Waals surface area contributed by atoms with Gasteiger partial charge in [-0.1, -0.05) is 59.9 Å². The molecule has 0 aliphatic carbocycles. The largest absolute Gasteiger partial charge is 0.493 e. The molecule has 1 aliphatic heterocycles. The van der Waals surface area contributed by atoms with E-state index in [9.17, 15) is 9.59 Å². The number of ether oxygens (including phenoxy) is 4. The van der Waals surface area contributed by atoms with E-state index in [0.29, 0.717) is 50.9 Å². The van der Waals surface area contributed by atoms with E-state index in [1.54, 1.807) is 37.7 Å². The number of carbonyl (C=O) groups excluding carboxylic acids is 1. The van der Waals surface area contributed by atoms with Crippen molar-refractivity contribution in [2.45, 2.75) is 33.4 Å². The van der Waals surface area contributed by atoms with E-state index in [-0.39, 0.29) is 12.2 Å². The number of carbonyl (C=O) groups is 1. The van der Waals surface area contributed by atoms with Crippen molar-refractivity contribution in [3.63, 3.8) is 0 Å². The standard InChI is InChI=1S/C33H32N2O6S/c1-5-39-27-19-24(14-17-26(27)38-4)30-29(32(37)40-6-2)21(3)34-33-35(30)31(36)28(42-33)18-22-12-15-25(16-13-22)41-20-23-10-8-7-9-11-23/h7-19,30H,5-6,20H2,1-4H3/b28-18-/t30-/m1/s1. The number of methoxy groups -OCH3 is 1. The fourth-order valence-electron chi connectivity index (χ4n) is 4.79. The minimum atomic E-state index is -0.749. The fourth-order valence-corrected chi connectivity index (χ4v) is 5.84. The zero-order valence-electron chi connectivity index (χ0n) is 24.0. The van der Waals surface area contributed by atoms with Crippen molar-refractivity contribution in [3.05, 3.63) is 120 Å². The van der Waals surface area contributed by atoms with Crippen LogP contribution in [0, 0.1) is 0 Å². The van der Waals surface area contributed by atoms with E-state index in [4.69, 9.17) is 18.9 Å². The number of nitrogens with zero attached hydrogens (tertiary/aromatic N) is 2. The first-order chi connectivity index (χ1) is 20.4. The molecule has 1 atom stereocenters. The summed E-state index contributed by atoms with van der Waals surface area (Å²) in [5.41, 5.74) is 3.16. The minimum absolute atomic E-state index is 0.199. The van der Waals surface area contributed by atoms with Crippen LogP contribution < -0.4 is 29.1 Å². The summed E-state index contributed by atoms with van der Waals surface area (Å²) < 4.78 is 24.6. The summed E-state index contributed by atoms with van der Waals surface area (Å²) in [5, 5.41) is 0. The molecular weight excluding hydrogens is 552 g/mol. The van der Waals surface area contributed by atoms with Gasteiger partial charge in [0.1, 0.15) is 12.4 Å². The molecule has 0 unspecified atom stereocenters. The Hall–Kier alpha value is -4.63. The van der Waals surface area contributed by atoms with E-state index in [0.717, 1.165) is 16.9 Å². The lowest BCUT2D eigenvalue weighted by molar-refractivity contribution is -0.139. The van der Waals surface area contributed by atoms with Crippen LogP contribution in [0.1, 0.15) is 43.5 Å². The average Bonchev–Trinajstić information content (AvgIpc) is 3.30.